The van der Waals surface area contributed by atoms with Crippen LogP contribution in [0.25, 0.3) is 0 Å². The van der Waals surface area contributed by atoms with E-state index in [1.165, 1.54) is 0 Å². The van der Waals surface area contributed by atoms with Crippen molar-refractivity contribution in [2.24, 2.45) is 0 Å². The Bertz CT molecular complexity index is 494. The standard InChI is InChI=1S/C16H23F3N2O.ClH/c1-11-9-13(10-12(2)15(11)22)14(3-4-16(17,18)19)21-7-5-20-6-8-21;/h9-10,14,20,22H,3-8H2,1-2H3;1H/t14-;/m0./s1. The van der Waals surface area contributed by atoms with Crippen LogP contribution in [0.4, 0.5) is 13.2 Å². The van der Waals surface area contributed by atoms with Crippen molar-refractivity contribution in [3.63, 3.8) is 0 Å². The summed E-state index contributed by atoms with van der Waals surface area (Å²) in [6, 6.07) is 3.36. The number of hydrogen-bond donors (Lipinski definition) is 2. The van der Waals surface area contributed by atoms with Crippen molar-refractivity contribution in [2.45, 2.75) is 38.9 Å². The summed E-state index contributed by atoms with van der Waals surface area (Å²) < 4.78 is 38.0. The van der Waals surface area contributed by atoms with E-state index in [0.29, 0.717) is 11.1 Å². The maximum absolute atomic E-state index is 12.7. The molecule has 1 aliphatic heterocycles. The fourth-order valence-corrected chi connectivity index (χ4v) is 3.04. The van der Waals surface area contributed by atoms with Gasteiger partial charge >= 0.3 is 6.18 Å². The molecule has 3 nitrogen and oxygen atoms in total. The number of rotatable bonds is 4. The first-order valence-electron chi connectivity index (χ1n) is 7.59. The molecule has 1 saturated heterocycles. The van der Waals surface area contributed by atoms with Crippen LogP contribution in [0.3, 0.4) is 0 Å². The van der Waals surface area contributed by atoms with E-state index in [2.05, 4.69) is 10.2 Å². The van der Waals surface area contributed by atoms with Crippen LogP contribution in [-0.4, -0.2) is 42.4 Å². The van der Waals surface area contributed by atoms with Crippen molar-refractivity contribution in [1.82, 2.24) is 10.2 Å². The normalized spacial score (nSPS) is 17.6. The first kappa shape index (κ1) is 20.1. The third kappa shape index (κ3) is 5.55. The molecule has 1 aromatic rings. The second-order valence-electron chi connectivity index (χ2n) is 5.96. The number of alkyl halides is 3. The van der Waals surface area contributed by atoms with E-state index in [9.17, 15) is 18.3 Å². The lowest BCUT2D eigenvalue weighted by atomic mass is 9.95. The summed E-state index contributed by atoms with van der Waals surface area (Å²) in [6.45, 7) is 6.62. The quantitative estimate of drug-likeness (QED) is 0.867. The zero-order valence-electron chi connectivity index (χ0n) is 13.4. The minimum absolute atomic E-state index is 0. The van der Waals surface area contributed by atoms with E-state index in [1.54, 1.807) is 13.8 Å². The molecule has 7 heteroatoms. The molecule has 0 bridgehead atoms. The maximum Gasteiger partial charge on any atom is 0.389 e. The minimum Gasteiger partial charge on any atom is -0.507 e. The molecule has 1 atom stereocenters. The van der Waals surface area contributed by atoms with Gasteiger partial charge in [-0.3, -0.25) is 4.90 Å². The highest BCUT2D eigenvalue weighted by Gasteiger charge is 2.31. The summed E-state index contributed by atoms with van der Waals surface area (Å²) in [5.41, 5.74) is 2.28. The lowest BCUT2D eigenvalue weighted by Gasteiger charge is -2.36. The van der Waals surface area contributed by atoms with Crippen LogP contribution in [0, 0.1) is 13.8 Å². The number of aryl methyl sites for hydroxylation is 2. The molecule has 0 radical (unpaired) electrons. The van der Waals surface area contributed by atoms with Gasteiger partial charge in [-0.1, -0.05) is 12.1 Å². The average molecular weight is 353 g/mol. The SMILES string of the molecule is Cc1cc([C@H](CCC(F)(F)F)N2CCNCC2)cc(C)c1O.Cl. The molecule has 0 aromatic heterocycles. The van der Waals surface area contributed by atoms with Crippen molar-refractivity contribution < 1.29 is 18.3 Å². The zero-order valence-corrected chi connectivity index (χ0v) is 14.2. The fraction of sp³-hybridized carbons (Fsp3) is 0.625. The number of piperazine rings is 1. The number of halogens is 4. The summed E-state index contributed by atoms with van der Waals surface area (Å²) in [7, 11) is 0. The van der Waals surface area contributed by atoms with E-state index in [0.717, 1.165) is 31.7 Å². The van der Waals surface area contributed by atoms with E-state index < -0.39 is 12.6 Å². The van der Waals surface area contributed by atoms with E-state index >= 15 is 0 Å². The Morgan fingerprint density at radius 3 is 2.17 bits per heavy atom. The highest BCUT2D eigenvalue weighted by atomic mass is 35.5. The highest BCUT2D eigenvalue weighted by molar-refractivity contribution is 5.85. The predicted molar refractivity (Wildman–Crippen MR) is 87.3 cm³/mol. The Kier molecular flexibility index (Phi) is 7.17. The average Bonchev–Trinajstić information content (AvgIpc) is 2.45. The molecule has 0 amide bonds. The van der Waals surface area contributed by atoms with Gasteiger partial charge in [-0.05, 0) is 37.0 Å². The smallest absolute Gasteiger partial charge is 0.389 e. The third-order valence-electron chi connectivity index (χ3n) is 4.19. The van der Waals surface area contributed by atoms with Gasteiger partial charge in [0.2, 0.25) is 0 Å². The number of phenolic OH excluding ortho intramolecular Hbond substituents is 1. The van der Waals surface area contributed by atoms with Gasteiger partial charge in [0.15, 0.2) is 0 Å². The second-order valence-corrected chi connectivity index (χ2v) is 5.96. The van der Waals surface area contributed by atoms with Gasteiger partial charge < -0.3 is 10.4 Å². The summed E-state index contributed by atoms with van der Waals surface area (Å²) in [5, 5.41) is 13.1. The minimum atomic E-state index is -4.15. The Hall–Kier alpha value is -0.980. The van der Waals surface area contributed by atoms with Crippen LogP contribution in [0.2, 0.25) is 0 Å². The van der Waals surface area contributed by atoms with Crippen LogP contribution >= 0.6 is 12.4 Å². The van der Waals surface area contributed by atoms with E-state index in [4.69, 9.17) is 0 Å². The number of hydrogen-bond acceptors (Lipinski definition) is 3. The molecule has 0 unspecified atom stereocenters. The zero-order chi connectivity index (χ0) is 16.3. The van der Waals surface area contributed by atoms with Crippen LogP contribution in [-0.2, 0) is 0 Å². The fourth-order valence-electron chi connectivity index (χ4n) is 3.04. The van der Waals surface area contributed by atoms with Crippen molar-refractivity contribution in [3.8, 4) is 5.75 Å². The second kappa shape index (κ2) is 8.22. The highest BCUT2D eigenvalue weighted by Crippen LogP contribution is 2.34. The molecule has 132 valence electrons. The summed E-state index contributed by atoms with van der Waals surface area (Å²) in [5.74, 6) is 0.221. The van der Waals surface area contributed by atoms with Crippen molar-refractivity contribution >= 4 is 12.4 Å². The Morgan fingerprint density at radius 1 is 1.17 bits per heavy atom. The lowest BCUT2D eigenvalue weighted by molar-refractivity contribution is -0.138. The summed E-state index contributed by atoms with van der Waals surface area (Å²) in [6.07, 6.45) is -4.89. The largest absolute Gasteiger partial charge is 0.507 e. The number of aromatic hydroxyl groups is 1. The molecular weight excluding hydrogens is 329 g/mol. The molecule has 2 rings (SSSR count). The van der Waals surface area contributed by atoms with Gasteiger partial charge in [0, 0.05) is 38.6 Å². The topological polar surface area (TPSA) is 35.5 Å². The van der Waals surface area contributed by atoms with Crippen molar-refractivity contribution in [3.05, 3.63) is 28.8 Å². The molecule has 1 aliphatic rings. The van der Waals surface area contributed by atoms with Crippen molar-refractivity contribution in [2.75, 3.05) is 26.2 Å². The first-order valence-corrected chi connectivity index (χ1v) is 7.59. The Balaban J connectivity index is 0.00000264. The first-order chi connectivity index (χ1) is 10.3. The molecule has 1 fully saturated rings. The molecule has 23 heavy (non-hydrogen) atoms. The van der Waals surface area contributed by atoms with E-state index in [1.807, 2.05) is 12.1 Å². The number of benzene rings is 1. The number of nitrogens with one attached hydrogen (secondary N) is 1. The van der Waals surface area contributed by atoms with Gasteiger partial charge in [0.25, 0.3) is 0 Å². The lowest BCUT2D eigenvalue weighted by Crippen LogP contribution is -2.45. The van der Waals surface area contributed by atoms with Gasteiger partial charge in [0.05, 0.1) is 0 Å². The maximum atomic E-state index is 12.7. The van der Waals surface area contributed by atoms with Gasteiger partial charge in [-0.15, -0.1) is 12.4 Å². The van der Waals surface area contributed by atoms with Crippen LogP contribution in [0.15, 0.2) is 12.1 Å². The van der Waals surface area contributed by atoms with Gasteiger partial charge in [0.1, 0.15) is 5.75 Å². The number of nitrogens with zero attached hydrogens (tertiary/aromatic N) is 1. The van der Waals surface area contributed by atoms with Crippen molar-refractivity contribution in [1.29, 1.82) is 0 Å². The number of phenols is 1. The Labute approximate surface area is 141 Å². The molecule has 1 aromatic carbocycles. The monoisotopic (exact) mass is 352 g/mol. The molecule has 2 N–H and O–H groups in total. The van der Waals surface area contributed by atoms with E-state index in [-0.39, 0.29) is 30.6 Å². The third-order valence-corrected chi connectivity index (χ3v) is 4.19. The predicted octanol–water partition coefficient (Wildman–Crippen LogP) is 3.72. The van der Waals surface area contributed by atoms with Crippen LogP contribution < -0.4 is 5.32 Å². The summed E-state index contributed by atoms with van der Waals surface area (Å²) in [4.78, 5) is 2.10. The molecule has 1 heterocycles. The Morgan fingerprint density at radius 2 is 1.70 bits per heavy atom. The molecule has 0 saturated carbocycles. The summed E-state index contributed by atoms with van der Waals surface area (Å²) >= 11 is 0. The van der Waals surface area contributed by atoms with Crippen LogP contribution in [0.5, 0.6) is 5.75 Å². The van der Waals surface area contributed by atoms with Gasteiger partial charge in [-0.25, -0.2) is 0 Å². The molecule has 0 spiro atoms. The molecular formula is C16H24ClF3N2O. The molecule has 0 aliphatic carbocycles. The van der Waals surface area contributed by atoms with Gasteiger partial charge in [-0.2, -0.15) is 13.2 Å². The van der Waals surface area contributed by atoms with Crippen LogP contribution in [0.1, 0.15) is 35.6 Å².